The molecule has 2 rings (SSSR count). The number of carbonyl (C=O) groups is 3. The summed E-state index contributed by atoms with van der Waals surface area (Å²) in [7, 11) is 0. The monoisotopic (exact) mass is 284 g/mol. The molecule has 7 nitrogen and oxygen atoms in total. The van der Waals surface area contributed by atoms with Gasteiger partial charge in [-0.15, -0.1) is 0 Å². The van der Waals surface area contributed by atoms with Gasteiger partial charge >= 0.3 is 11.9 Å². The first kappa shape index (κ1) is 16.2. The van der Waals surface area contributed by atoms with Crippen molar-refractivity contribution in [1.29, 1.82) is 0 Å². The average Bonchev–Trinajstić information content (AvgIpc) is 2.36. The molecule has 7 heteroatoms. The van der Waals surface area contributed by atoms with Gasteiger partial charge in [-0.1, -0.05) is 0 Å². The number of fused-ring (bicyclic) bond motifs is 2. The van der Waals surface area contributed by atoms with E-state index in [0.717, 1.165) is 26.2 Å². The van der Waals surface area contributed by atoms with Crippen LogP contribution >= 0.6 is 0 Å². The van der Waals surface area contributed by atoms with Gasteiger partial charge in [-0.05, 0) is 31.3 Å². The second kappa shape index (κ2) is 7.64. The van der Waals surface area contributed by atoms with Crippen LogP contribution in [0.2, 0.25) is 0 Å². The number of aliphatic carboxylic acids is 2. The van der Waals surface area contributed by atoms with E-state index in [-0.39, 0.29) is 5.91 Å². The molecule has 0 radical (unpaired) electrons. The molecule has 1 amide bonds. The number of nitrogens with one attached hydrogen (secondary N) is 1. The summed E-state index contributed by atoms with van der Waals surface area (Å²) in [6.07, 6.45) is 2.43. The van der Waals surface area contributed by atoms with Crippen LogP contribution in [0.15, 0.2) is 12.2 Å². The van der Waals surface area contributed by atoms with E-state index in [1.54, 1.807) is 6.92 Å². The van der Waals surface area contributed by atoms with Crippen molar-refractivity contribution < 1.29 is 24.6 Å². The molecule has 0 aromatic heterocycles. The molecule has 2 saturated heterocycles. The van der Waals surface area contributed by atoms with Crippen molar-refractivity contribution in [2.75, 3.05) is 26.2 Å². The van der Waals surface area contributed by atoms with Gasteiger partial charge in [0.15, 0.2) is 0 Å². The molecule has 2 aliphatic rings. The van der Waals surface area contributed by atoms with Crippen LogP contribution in [0.25, 0.3) is 0 Å². The number of hydrogen-bond acceptors (Lipinski definition) is 4. The zero-order valence-electron chi connectivity index (χ0n) is 11.4. The lowest BCUT2D eigenvalue weighted by Crippen LogP contribution is -2.52. The van der Waals surface area contributed by atoms with Gasteiger partial charge in [-0.3, -0.25) is 4.79 Å². The predicted molar refractivity (Wildman–Crippen MR) is 71.1 cm³/mol. The van der Waals surface area contributed by atoms with E-state index in [1.165, 1.54) is 6.42 Å². The fourth-order valence-corrected chi connectivity index (χ4v) is 2.51. The summed E-state index contributed by atoms with van der Waals surface area (Å²) < 4.78 is 0. The second-order valence-electron chi connectivity index (χ2n) is 5.06. The fourth-order valence-electron chi connectivity index (χ4n) is 2.51. The van der Waals surface area contributed by atoms with Gasteiger partial charge in [0.05, 0.1) is 0 Å². The summed E-state index contributed by atoms with van der Waals surface area (Å²) in [5.41, 5.74) is 0. The number of carboxylic acids is 2. The van der Waals surface area contributed by atoms with E-state index in [9.17, 15) is 14.4 Å². The number of nitrogens with zero attached hydrogens (tertiary/aromatic N) is 1. The van der Waals surface area contributed by atoms with Crippen LogP contribution in [0.1, 0.15) is 13.3 Å². The van der Waals surface area contributed by atoms with Gasteiger partial charge in [-0.2, -0.15) is 0 Å². The molecule has 0 aromatic rings. The first-order valence-corrected chi connectivity index (χ1v) is 6.48. The molecule has 0 aliphatic carbocycles. The Morgan fingerprint density at radius 2 is 1.50 bits per heavy atom. The van der Waals surface area contributed by atoms with E-state index >= 15 is 0 Å². The van der Waals surface area contributed by atoms with E-state index in [2.05, 4.69) is 5.32 Å². The van der Waals surface area contributed by atoms with Crippen molar-refractivity contribution in [3.05, 3.63) is 12.2 Å². The molecule has 2 fully saturated rings. The summed E-state index contributed by atoms with van der Waals surface area (Å²) in [6.45, 7) is 5.81. The molecule has 20 heavy (non-hydrogen) atoms. The summed E-state index contributed by atoms with van der Waals surface area (Å²) >= 11 is 0. The topological polar surface area (TPSA) is 107 Å². The first-order valence-electron chi connectivity index (χ1n) is 6.48. The molecule has 0 unspecified atom stereocenters. The number of carbonyl (C=O) groups excluding carboxylic acids is 1. The third kappa shape index (κ3) is 5.83. The average molecular weight is 284 g/mol. The molecule has 2 bridgehead atoms. The van der Waals surface area contributed by atoms with Gasteiger partial charge in [0, 0.05) is 32.2 Å². The quantitative estimate of drug-likeness (QED) is 0.605. The van der Waals surface area contributed by atoms with Gasteiger partial charge in [0.2, 0.25) is 5.91 Å². The minimum absolute atomic E-state index is 0.242. The third-order valence-electron chi connectivity index (χ3n) is 3.30. The largest absolute Gasteiger partial charge is 0.478 e. The lowest BCUT2D eigenvalue weighted by molar-refractivity contribution is -0.134. The van der Waals surface area contributed by atoms with Crippen LogP contribution in [-0.2, 0) is 14.4 Å². The van der Waals surface area contributed by atoms with Crippen molar-refractivity contribution in [3.8, 4) is 0 Å². The highest BCUT2D eigenvalue weighted by Crippen LogP contribution is 2.24. The Bertz CT molecular complexity index is 380. The Balaban J connectivity index is 0.000000221. The second-order valence-corrected chi connectivity index (χ2v) is 5.06. The molecule has 0 spiro atoms. The summed E-state index contributed by atoms with van der Waals surface area (Å²) in [6, 6.07) is 0. The maximum atomic E-state index is 11.1. The van der Waals surface area contributed by atoms with E-state index < -0.39 is 11.9 Å². The van der Waals surface area contributed by atoms with Crippen LogP contribution in [0, 0.1) is 11.8 Å². The predicted octanol–water partition coefficient (Wildman–Crippen LogP) is -0.214. The van der Waals surface area contributed by atoms with Crippen molar-refractivity contribution >= 4 is 17.8 Å². The Hall–Kier alpha value is -1.89. The molecular formula is C13H20N2O5. The zero-order chi connectivity index (χ0) is 15.1. The van der Waals surface area contributed by atoms with Gasteiger partial charge in [0.1, 0.15) is 0 Å². The highest BCUT2D eigenvalue weighted by molar-refractivity contribution is 5.89. The summed E-state index contributed by atoms with van der Waals surface area (Å²) in [5.74, 6) is -0.853. The Morgan fingerprint density at radius 3 is 1.85 bits per heavy atom. The van der Waals surface area contributed by atoms with Crippen LogP contribution in [0.4, 0.5) is 0 Å². The smallest absolute Gasteiger partial charge is 0.328 e. The van der Waals surface area contributed by atoms with Crippen LogP contribution in [0.5, 0.6) is 0 Å². The van der Waals surface area contributed by atoms with E-state index in [1.807, 2.05) is 4.90 Å². The maximum absolute atomic E-state index is 11.1. The van der Waals surface area contributed by atoms with Crippen LogP contribution in [0.3, 0.4) is 0 Å². The highest BCUT2D eigenvalue weighted by atomic mass is 16.4. The molecule has 2 atom stereocenters. The fraction of sp³-hybridized carbons (Fsp3) is 0.615. The molecule has 2 aliphatic heterocycles. The van der Waals surface area contributed by atoms with Crippen LogP contribution < -0.4 is 5.32 Å². The standard InChI is InChI=1S/C9H16N2O.C4H4O4/c1-7(12)11-5-8-2-9(6-11)4-10-3-8;5-3(6)1-2-4(7)8/h8-10H,2-6H2,1H3;1-2H,(H,5,6)(H,7,8)/b;2-1+/t8-,9+;. The SMILES string of the molecule is CC(=O)N1C[C@@H]2CNC[C@@H](C2)C1.O=C(O)/C=C/C(=O)O. The minimum Gasteiger partial charge on any atom is -0.478 e. The van der Waals surface area contributed by atoms with Gasteiger partial charge < -0.3 is 20.4 Å². The highest BCUT2D eigenvalue weighted by Gasteiger charge is 2.31. The number of rotatable bonds is 2. The minimum atomic E-state index is -1.26. The molecular weight excluding hydrogens is 264 g/mol. The van der Waals surface area contributed by atoms with Crippen LogP contribution in [-0.4, -0.2) is 59.1 Å². The first-order chi connectivity index (χ1) is 9.38. The number of carboxylic acid groups (broad SMARTS) is 2. The summed E-state index contributed by atoms with van der Waals surface area (Å²) in [4.78, 5) is 32.2. The van der Waals surface area contributed by atoms with Crippen molar-refractivity contribution in [2.45, 2.75) is 13.3 Å². The maximum Gasteiger partial charge on any atom is 0.328 e. The lowest BCUT2D eigenvalue weighted by Gasteiger charge is -2.41. The van der Waals surface area contributed by atoms with Crippen molar-refractivity contribution in [2.24, 2.45) is 11.8 Å². The zero-order valence-corrected chi connectivity index (χ0v) is 11.4. The number of amides is 1. The van der Waals surface area contributed by atoms with E-state index in [4.69, 9.17) is 10.2 Å². The Morgan fingerprint density at radius 1 is 1.05 bits per heavy atom. The molecule has 3 N–H and O–H groups in total. The summed E-state index contributed by atoms with van der Waals surface area (Å²) in [5, 5.41) is 19.0. The van der Waals surface area contributed by atoms with E-state index in [0.29, 0.717) is 24.0 Å². The van der Waals surface area contributed by atoms with Crippen molar-refractivity contribution in [3.63, 3.8) is 0 Å². The Labute approximate surface area is 117 Å². The molecule has 0 saturated carbocycles. The molecule has 0 aromatic carbocycles. The van der Waals surface area contributed by atoms with Gasteiger partial charge in [-0.25, -0.2) is 9.59 Å². The van der Waals surface area contributed by atoms with Crippen molar-refractivity contribution in [1.82, 2.24) is 10.2 Å². The number of piperidine rings is 2. The molecule has 112 valence electrons. The third-order valence-corrected chi connectivity index (χ3v) is 3.30. The Kier molecular flexibility index (Phi) is 6.17. The van der Waals surface area contributed by atoms with Gasteiger partial charge in [0.25, 0.3) is 0 Å². The normalized spacial score (nSPS) is 24.8. The lowest BCUT2D eigenvalue weighted by atomic mass is 9.86. The molecule has 2 heterocycles. The number of likely N-dealkylation sites (tertiary alicyclic amines) is 1. The number of hydrogen-bond donors (Lipinski definition) is 3.